The molecule has 0 unspecified atom stereocenters. The second-order valence-corrected chi connectivity index (χ2v) is 6.91. The van der Waals surface area contributed by atoms with Crippen molar-refractivity contribution < 1.29 is 4.79 Å². The van der Waals surface area contributed by atoms with Crippen molar-refractivity contribution in [2.75, 3.05) is 6.54 Å². The van der Waals surface area contributed by atoms with Crippen molar-refractivity contribution in [3.63, 3.8) is 0 Å². The lowest BCUT2D eigenvalue weighted by atomic mass is 9.93. The van der Waals surface area contributed by atoms with Crippen LogP contribution in [0.3, 0.4) is 0 Å². The number of nitrogens with one attached hydrogen (secondary N) is 1. The topological polar surface area (TPSA) is 34.0 Å². The van der Waals surface area contributed by atoms with Crippen LogP contribution < -0.4 is 5.32 Å². The second kappa shape index (κ2) is 5.89. The van der Waals surface area contributed by atoms with E-state index in [1.807, 2.05) is 41.2 Å². The van der Waals surface area contributed by atoms with Gasteiger partial charge in [0.1, 0.15) is 0 Å². The predicted molar refractivity (Wildman–Crippen MR) is 92.0 cm³/mol. The summed E-state index contributed by atoms with van der Waals surface area (Å²) in [5.74, 6) is 1.85. The Morgan fingerprint density at radius 2 is 2.04 bits per heavy atom. The number of carbonyl (C=O) groups is 1. The smallest absolute Gasteiger partial charge is 0.252 e. The van der Waals surface area contributed by atoms with E-state index in [0.29, 0.717) is 22.4 Å². The molecule has 3 nitrogen and oxygen atoms in total. The Bertz CT molecular complexity index is 751. The first-order valence-corrected chi connectivity index (χ1v) is 8.48. The van der Waals surface area contributed by atoms with Gasteiger partial charge in [0.05, 0.1) is 10.6 Å². The van der Waals surface area contributed by atoms with Crippen molar-refractivity contribution in [2.24, 2.45) is 17.8 Å². The molecule has 0 aliphatic heterocycles. The molecule has 1 aromatic carbocycles. The molecule has 3 atom stereocenters. The third kappa shape index (κ3) is 2.81. The Balaban J connectivity index is 1.47. The highest BCUT2D eigenvalue weighted by Crippen LogP contribution is 2.43. The third-order valence-electron chi connectivity index (χ3n) is 5.04. The summed E-state index contributed by atoms with van der Waals surface area (Å²) in [7, 11) is 0. The van der Waals surface area contributed by atoms with Crippen molar-refractivity contribution in [3.8, 4) is 5.69 Å². The van der Waals surface area contributed by atoms with E-state index in [1.54, 1.807) is 6.07 Å². The van der Waals surface area contributed by atoms with Crippen molar-refractivity contribution in [3.05, 3.63) is 65.5 Å². The largest absolute Gasteiger partial charge is 0.352 e. The first kappa shape index (κ1) is 14.6. The molecule has 1 fully saturated rings. The lowest BCUT2D eigenvalue weighted by Crippen LogP contribution is -2.31. The highest BCUT2D eigenvalue weighted by Gasteiger charge is 2.35. The molecular formula is C19H19ClN2O. The highest BCUT2D eigenvalue weighted by molar-refractivity contribution is 6.33. The fourth-order valence-corrected chi connectivity index (χ4v) is 4.01. The molecule has 2 bridgehead atoms. The van der Waals surface area contributed by atoms with Crippen LogP contribution in [0, 0.1) is 17.8 Å². The summed E-state index contributed by atoms with van der Waals surface area (Å²) < 4.78 is 1.97. The van der Waals surface area contributed by atoms with E-state index in [4.69, 9.17) is 11.6 Å². The van der Waals surface area contributed by atoms with Crippen molar-refractivity contribution in [2.45, 2.75) is 12.8 Å². The fraction of sp³-hybridized carbons (Fsp3) is 0.316. The lowest BCUT2D eigenvalue weighted by molar-refractivity contribution is 0.0945. The highest BCUT2D eigenvalue weighted by atomic mass is 35.5. The molecule has 118 valence electrons. The van der Waals surface area contributed by atoms with Crippen molar-refractivity contribution in [1.82, 2.24) is 9.88 Å². The monoisotopic (exact) mass is 326 g/mol. The summed E-state index contributed by atoms with van der Waals surface area (Å²) in [6.45, 7) is 0.731. The SMILES string of the molecule is O=C(NC[C@@H]1C[C@H]2C=C[C@@H]1C2)c1cc(-n2cccc2)ccc1Cl. The van der Waals surface area contributed by atoms with E-state index < -0.39 is 0 Å². The van der Waals surface area contributed by atoms with Gasteiger partial charge in [-0.15, -0.1) is 0 Å². The zero-order valence-electron chi connectivity index (χ0n) is 12.8. The molecule has 2 aromatic rings. The van der Waals surface area contributed by atoms with Gasteiger partial charge in [0.15, 0.2) is 0 Å². The van der Waals surface area contributed by atoms with Gasteiger partial charge >= 0.3 is 0 Å². The summed E-state index contributed by atoms with van der Waals surface area (Å²) in [6, 6.07) is 9.46. The molecule has 4 rings (SSSR count). The minimum atomic E-state index is -0.0873. The zero-order valence-corrected chi connectivity index (χ0v) is 13.5. The Kier molecular flexibility index (Phi) is 3.74. The minimum absolute atomic E-state index is 0.0873. The maximum Gasteiger partial charge on any atom is 0.252 e. The van der Waals surface area contributed by atoms with Crippen LogP contribution >= 0.6 is 11.6 Å². The van der Waals surface area contributed by atoms with Gasteiger partial charge in [0, 0.05) is 24.6 Å². The van der Waals surface area contributed by atoms with Crippen molar-refractivity contribution >= 4 is 17.5 Å². The van der Waals surface area contributed by atoms with Gasteiger partial charge in [0.25, 0.3) is 5.91 Å². The van der Waals surface area contributed by atoms with Crippen LogP contribution in [0.25, 0.3) is 5.69 Å². The van der Waals surface area contributed by atoms with E-state index in [0.717, 1.165) is 18.2 Å². The Morgan fingerprint density at radius 3 is 2.74 bits per heavy atom. The van der Waals surface area contributed by atoms with Gasteiger partial charge in [-0.3, -0.25) is 4.79 Å². The standard InChI is InChI=1S/C19H19ClN2O/c20-18-6-5-16(22-7-1-2-8-22)11-17(18)19(23)21-12-15-10-13-3-4-14(15)9-13/h1-8,11,13-15H,9-10,12H2,(H,21,23)/t13-,14+,15-/m0/s1. The maximum absolute atomic E-state index is 12.5. The summed E-state index contributed by atoms with van der Waals surface area (Å²) in [6.07, 6.45) is 11.0. The molecule has 1 amide bonds. The first-order valence-electron chi connectivity index (χ1n) is 8.10. The number of nitrogens with zero attached hydrogens (tertiary/aromatic N) is 1. The number of amides is 1. The molecule has 2 aliphatic rings. The Hall–Kier alpha value is -2.00. The zero-order chi connectivity index (χ0) is 15.8. The predicted octanol–water partition coefficient (Wildman–Crippen LogP) is 4.07. The van der Waals surface area contributed by atoms with Crippen LogP contribution in [0.2, 0.25) is 5.02 Å². The van der Waals surface area contributed by atoms with E-state index >= 15 is 0 Å². The van der Waals surface area contributed by atoms with Crippen LogP contribution in [0.5, 0.6) is 0 Å². The Morgan fingerprint density at radius 1 is 1.22 bits per heavy atom. The molecule has 2 aliphatic carbocycles. The number of hydrogen-bond donors (Lipinski definition) is 1. The van der Waals surface area contributed by atoms with Gasteiger partial charge in [0.2, 0.25) is 0 Å². The number of halogens is 1. The number of rotatable bonds is 4. The van der Waals surface area contributed by atoms with Gasteiger partial charge in [-0.1, -0.05) is 23.8 Å². The average Bonchev–Trinajstić information content (AvgIpc) is 3.30. The first-order chi connectivity index (χ1) is 11.2. The maximum atomic E-state index is 12.5. The lowest BCUT2D eigenvalue weighted by Gasteiger charge is -2.19. The summed E-state index contributed by atoms with van der Waals surface area (Å²) in [4.78, 5) is 12.5. The van der Waals surface area contributed by atoms with Gasteiger partial charge < -0.3 is 9.88 Å². The number of aromatic nitrogens is 1. The van der Waals surface area contributed by atoms with E-state index in [1.165, 1.54) is 12.8 Å². The van der Waals surface area contributed by atoms with E-state index in [-0.39, 0.29) is 5.91 Å². The summed E-state index contributed by atoms with van der Waals surface area (Å²) in [5.41, 5.74) is 1.48. The van der Waals surface area contributed by atoms with Crippen LogP contribution in [0.4, 0.5) is 0 Å². The molecule has 0 saturated heterocycles. The van der Waals surface area contributed by atoms with Gasteiger partial charge in [-0.25, -0.2) is 0 Å². The van der Waals surface area contributed by atoms with Crippen LogP contribution in [-0.2, 0) is 0 Å². The van der Waals surface area contributed by atoms with Crippen LogP contribution in [-0.4, -0.2) is 17.0 Å². The number of benzene rings is 1. The number of fused-ring (bicyclic) bond motifs is 2. The van der Waals surface area contributed by atoms with E-state index in [9.17, 15) is 4.79 Å². The number of carbonyl (C=O) groups excluding carboxylic acids is 1. The van der Waals surface area contributed by atoms with E-state index in [2.05, 4.69) is 17.5 Å². The normalized spacial score (nSPS) is 25.0. The van der Waals surface area contributed by atoms with Gasteiger partial charge in [-0.2, -0.15) is 0 Å². The van der Waals surface area contributed by atoms with Crippen LogP contribution in [0.1, 0.15) is 23.2 Å². The number of allylic oxidation sites excluding steroid dienone is 2. The molecular weight excluding hydrogens is 308 g/mol. The molecule has 4 heteroatoms. The number of hydrogen-bond acceptors (Lipinski definition) is 1. The summed E-state index contributed by atoms with van der Waals surface area (Å²) in [5, 5.41) is 3.56. The minimum Gasteiger partial charge on any atom is -0.352 e. The Labute approximate surface area is 141 Å². The quantitative estimate of drug-likeness (QED) is 0.844. The molecule has 1 aromatic heterocycles. The average molecular weight is 327 g/mol. The fourth-order valence-electron chi connectivity index (χ4n) is 3.80. The molecule has 0 spiro atoms. The van der Waals surface area contributed by atoms with Crippen molar-refractivity contribution in [1.29, 1.82) is 0 Å². The molecule has 1 N–H and O–H groups in total. The molecule has 0 radical (unpaired) electrons. The third-order valence-corrected chi connectivity index (χ3v) is 5.37. The van der Waals surface area contributed by atoms with Gasteiger partial charge in [-0.05, 0) is 60.9 Å². The molecule has 1 heterocycles. The summed E-state index contributed by atoms with van der Waals surface area (Å²) >= 11 is 6.23. The molecule has 1 saturated carbocycles. The second-order valence-electron chi connectivity index (χ2n) is 6.50. The van der Waals surface area contributed by atoms with Crippen LogP contribution in [0.15, 0.2) is 54.9 Å². The molecule has 23 heavy (non-hydrogen) atoms.